The van der Waals surface area contributed by atoms with Crippen molar-refractivity contribution in [2.45, 2.75) is 38.8 Å². The zero-order valence-electron chi connectivity index (χ0n) is 18.0. The third-order valence-corrected chi connectivity index (χ3v) is 5.17. The number of carbonyl (C=O) groups excluding carboxylic acids is 1. The van der Waals surface area contributed by atoms with Gasteiger partial charge in [-0.05, 0) is 45.4 Å². The topological polar surface area (TPSA) is 116 Å². The van der Waals surface area contributed by atoms with E-state index >= 15 is 0 Å². The summed E-state index contributed by atoms with van der Waals surface area (Å²) in [5, 5.41) is 24.1. The number of aromatic nitrogens is 3. The first-order valence-corrected chi connectivity index (χ1v) is 10.5. The molecular weight excluding hydrogens is 438 g/mol. The van der Waals surface area contributed by atoms with E-state index in [4.69, 9.17) is 5.41 Å². The molecule has 170 valence electrons. The molecule has 4 N–H and O–H groups in total. The van der Waals surface area contributed by atoms with Gasteiger partial charge in [0.15, 0.2) is 18.0 Å². The maximum Gasteiger partial charge on any atom is 0.255 e. The monoisotopic (exact) mass is 462 g/mol. The molecule has 0 spiro atoms. The smallest absolute Gasteiger partial charge is 0.255 e. The molecule has 0 aliphatic rings. The fourth-order valence-corrected chi connectivity index (χ4v) is 3.83. The highest BCUT2D eigenvalue weighted by Gasteiger charge is 2.24. The first kappa shape index (κ1) is 23.6. The Morgan fingerprint density at radius 3 is 2.72 bits per heavy atom. The van der Waals surface area contributed by atoms with Crippen LogP contribution in [0.5, 0.6) is 0 Å². The molecule has 11 heteroatoms. The van der Waals surface area contributed by atoms with E-state index in [0.29, 0.717) is 17.7 Å². The predicted molar refractivity (Wildman–Crippen MR) is 121 cm³/mol. The number of hydrogen-bond acceptors (Lipinski definition) is 7. The van der Waals surface area contributed by atoms with Crippen LogP contribution in [-0.4, -0.2) is 49.4 Å². The van der Waals surface area contributed by atoms with E-state index in [-0.39, 0.29) is 46.5 Å². The number of carbonyl (C=O) groups is 1. The lowest BCUT2D eigenvalue weighted by atomic mass is 10.00. The number of hydrogen-bond donors (Lipinski definition) is 4. The zero-order valence-corrected chi connectivity index (χ0v) is 18.8. The number of anilines is 1. The lowest BCUT2D eigenvalue weighted by Gasteiger charge is -2.22. The molecule has 8 nitrogen and oxygen atoms in total. The highest BCUT2D eigenvalue weighted by molar-refractivity contribution is 7.92. The van der Waals surface area contributed by atoms with Crippen LogP contribution in [0, 0.1) is 11.2 Å². The number of benzene rings is 1. The minimum absolute atomic E-state index is 0.0360. The molecule has 3 rings (SSSR count). The third kappa shape index (κ3) is 5.05. The normalized spacial score (nSPS) is 12.6. The van der Waals surface area contributed by atoms with Crippen molar-refractivity contribution >= 4 is 40.8 Å². The molecule has 32 heavy (non-hydrogen) atoms. The molecule has 0 aliphatic carbocycles. The number of halogens is 2. The van der Waals surface area contributed by atoms with Crippen molar-refractivity contribution in [1.29, 1.82) is 5.41 Å². The van der Waals surface area contributed by atoms with Gasteiger partial charge in [-0.3, -0.25) is 10.2 Å². The molecule has 0 aliphatic heterocycles. The Balaban J connectivity index is 2.00. The fraction of sp³-hybridized carbons (Fsp3) is 0.333. The van der Waals surface area contributed by atoms with Gasteiger partial charge in [-0.15, -0.1) is 3.89 Å². The van der Waals surface area contributed by atoms with Crippen molar-refractivity contribution in [3.63, 3.8) is 0 Å². The molecule has 3 aromatic rings. The van der Waals surface area contributed by atoms with Crippen LogP contribution in [0.25, 0.3) is 11.2 Å². The van der Waals surface area contributed by atoms with Crippen molar-refractivity contribution in [1.82, 2.24) is 19.3 Å². The van der Waals surface area contributed by atoms with E-state index in [1.54, 1.807) is 27.8 Å². The first-order valence-electron chi connectivity index (χ1n) is 9.81. The second kappa shape index (κ2) is 9.21. The zero-order chi connectivity index (χ0) is 23.6. The number of aliphatic hydroxyl groups is 1. The van der Waals surface area contributed by atoms with Crippen LogP contribution in [0.15, 0.2) is 30.6 Å². The Morgan fingerprint density at radius 1 is 1.38 bits per heavy atom. The van der Waals surface area contributed by atoms with Crippen LogP contribution in [0.1, 0.15) is 48.8 Å². The summed E-state index contributed by atoms with van der Waals surface area (Å²) in [7, 11) is 1.61. The molecule has 0 fully saturated rings. The molecule has 1 amide bonds. The number of nitrogens with one attached hydrogen (secondary N) is 3. The van der Waals surface area contributed by atoms with Crippen LogP contribution < -0.4 is 10.6 Å². The lowest BCUT2D eigenvalue weighted by molar-refractivity contribution is 0.0593. The van der Waals surface area contributed by atoms with Gasteiger partial charge >= 0.3 is 0 Å². The second-order valence-corrected chi connectivity index (χ2v) is 8.60. The summed E-state index contributed by atoms with van der Waals surface area (Å²) in [6.07, 6.45) is 2.90. The summed E-state index contributed by atoms with van der Waals surface area (Å²) in [6.45, 7) is 5.03. The Hall–Kier alpha value is -3.05. The molecular formula is C21H24F2N6O2S. The molecule has 1 unspecified atom stereocenters. The molecule has 0 bridgehead atoms. The van der Waals surface area contributed by atoms with Crippen LogP contribution >= 0.6 is 12.3 Å². The third-order valence-electron chi connectivity index (χ3n) is 4.74. The number of fused-ring (bicyclic) bond motifs is 1. The van der Waals surface area contributed by atoms with Gasteiger partial charge in [0.2, 0.25) is 0 Å². The number of nitrogens with zero attached hydrogens (tertiary/aromatic N) is 3. The van der Waals surface area contributed by atoms with Crippen molar-refractivity contribution in [2.24, 2.45) is 0 Å². The summed E-state index contributed by atoms with van der Waals surface area (Å²) in [6, 6.07) is 3.58. The second-order valence-electron chi connectivity index (χ2n) is 8.07. The van der Waals surface area contributed by atoms with Crippen LogP contribution in [0.3, 0.4) is 0 Å². The quantitative estimate of drug-likeness (QED) is 0.380. The van der Waals surface area contributed by atoms with Gasteiger partial charge in [-0.1, -0.05) is 0 Å². The van der Waals surface area contributed by atoms with Gasteiger partial charge in [-0.2, -0.15) is 0 Å². The van der Waals surface area contributed by atoms with E-state index in [1.807, 2.05) is 0 Å². The van der Waals surface area contributed by atoms with E-state index in [1.165, 1.54) is 30.6 Å². The van der Waals surface area contributed by atoms with Gasteiger partial charge in [0, 0.05) is 30.5 Å². The maximum atomic E-state index is 13.6. The van der Waals surface area contributed by atoms with Gasteiger partial charge in [0.05, 0.1) is 23.1 Å². The maximum absolute atomic E-state index is 13.6. The molecule has 0 saturated carbocycles. The Labute approximate surface area is 188 Å². The van der Waals surface area contributed by atoms with Gasteiger partial charge < -0.3 is 15.7 Å². The van der Waals surface area contributed by atoms with Crippen molar-refractivity contribution in [3.8, 4) is 0 Å². The molecule has 2 heterocycles. The predicted octanol–water partition coefficient (Wildman–Crippen LogP) is 3.69. The average molecular weight is 463 g/mol. The van der Waals surface area contributed by atoms with Crippen LogP contribution in [-0.2, 0) is 0 Å². The summed E-state index contributed by atoms with van der Waals surface area (Å²) in [4.78, 5) is 21.5. The number of amides is 1. The van der Waals surface area contributed by atoms with Gasteiger partial charge in [0.1, 0.15) is 17.0 Å². The fourth-order valence-electron chi connectivity index (χ4n) is 3.48. The first-order chi connectivity index (χ1) is 15.0. The lowest BCUT2D eigenvalue weighted by Crippen LogP contribution is -2.38. The molecule has 1 atom stereocenters. The van der Waals surface area contributed by atoms with Crippen molar-refractivity contribution < 1.29 is 18.2 Å². The molecule has 0 radical (unpaired) electrons. The van der Waals surface area contributed by atoms with E-state index < -0.39 is 17.3 Å². The number of rotatable bonds is 8. The Bertz CT molecular complexity index is 1180. The Kier molecular flexibility index (Phi) is 6.79. The summed E-state index contributed by atoms with van der Waals surface area (Å²) >= 11 is -0.127. The minimum atomic E-state index is -0.974. The average Bonchev–Trinajstić information content (AvgIpc) is 3.09. The highest BCUT2D eigenvalue weighted by atomic mass is 32.2. The van der Waals surface area contributed by atoms with Crippen LogP contribution in [0.2, 0.25) is 0 Å². The standard InChI is InChI=1S/C21H24F2N6O2S/c1-11(8-21(2,3)31)27-20(30)14-10-29(32-23)19-18(14)28-16(9-26-19)17(24)13-6-5-12(22)7-15(13)25-4/h5-7,9-11,24-25,31H,8H2,1-4H3,(H,27,30). The van der Waals surface area contributed by atoms with E-state index in [2.05, 4.69) is 20.6 Å². The van der Waals surface area contributed by atoms with Crippen LogP contribution in [0.4, 0.5) is 14.0 Å². The van der Waals surface area contributed by atoms with E-state index in [9.17, 15) is 18.2 Å². The van der Waals surface area contributed by atoms with Crippen molar-refractivity contribution in [3.05, 3.63) is 53.2 Å². The summed E-state index contributed by atoms with van der Waals surface area (Å²) in [5.41, 5.74) is 0.256. The van der Waals surface area contributed by atoms with Gasteiger partial charge in [0.25, 0.3) is 5.91 Å². The largest absolute Gasteiger partial charge is 0.390 e. The molecule has 0 saturated heterocycles. The highest BCUT2D eigenvalue weighted by Crippen LogP contribution is 2.25. The SMILES string of the molecule is CNc1cc(F)ccc1C(=N)c1cnc2c(n1)c(C(=O)NC(C)CC(C)(C)O)cn2SF. The van der Waals surface area contributed by atoms with Crippen molar-refractivity contribution in [2.75, 3.05) is 12.4 Å². The summed E-state index contributed by atoms with van der Waals surface area (Å²) in [5.74, 6) is -0.959. The Morgan fingerprint density at radius 2 is 2.09 bits per heavy atom. The van der Waals surface area contributed by atoms with E-state index in [0.717, 1.165) is 3.97 Å². The molecule has 1 aromatic carbocycles. The van der Waals surface area contributed by atoms with Gasteiger partial charge in [-0.25, -0.2) is 18.3 Å². The molecule has 2 aromatic heterocycles. The summed E-state index contributed by atoms with van der Waals surface area (Å²) < 4.78 is 28.1. The minimum Gasteiger partial charge on any atom is -0.390 e.